The first-order valence-electron chi connectivity index (χ1n) is 7.13. The van der Waals surface area contributed by atoms with Gasteiger partial charge in [-0.05, 0) is 42.9 Å². The molecule has 1 saturated heterocycles. The van der Waals surface area contributed by atoms with Crippen molar-refractivity contribution in [1.82, 2.24) is 0 Å². The molecule has 1 heterocycles. The number of nitrogen functional groups attached to an aromatic ring is 1. The van der Waals surface area contributed by atoms with Crippen LogP contribution in [0.2, 0.25) is 0 Å². The van der Waals surface area contributed by atoms with Crippen molar-refractivity contribution in [3.05, 3.63) is 18.2 Å². The van der Waals surface area contributed by atoms with Gasteiger partial charge in [0, 0.05) is 19.3 Å². The molecule has 0 bridgehead atoms. The summed E-state index contributed by atoms with van der Waals surface area (Å²) in [6.45, 7) is 6.53. The van der Waals surface area contributed by atoms with Gasteiger partial charge in [-0.2, -0.15) is 0 Å². The maximum atomic E-state index is 11.5. The van der Waals surface area contributed by atoms with Crippen LogP contribution in [0.1, 0.15) is 26.7 Å². The molecular formula is C15H24N2O2S. The van der Waals surface area contributed by atoms with E-state index < -0.39 is 9.84 Å². The molecule has 0 spiro atoms. The second-order valence-electron chi connectivity index (χ2n) is 6.06. The van der Waals surface area contributed by atoms with E-state index >= 15 is 0 Å². The fourth-order valence-electron chi connectivity index (χ4n) is 2.86. The second kappa shape index (κ2) is 5.64. The SMILES string of the molecule is CC(C)C1CCN(c2ccc(S(C)(=O)=O)cc2N)CC1. The third-order valence-electron chi connectivity index (χ3n) is 4.25. The van der Waals surface area contributed by atoms with Gasteiger partial charge < -0.3 is 10.6 Å². The van der Waals surface area contributed by atoms with Crippen LogP contribution >= 0.6 is 0 Å². The normalized spacial score (nSPS) is 17.7. The average Bonchev–Trinajstić information content (AvgIpc) is 2.37. The quantitative estimate of drug-likeness (QED) is 0.871. The number of anilines is 2. The molecule has 5 heteroatoms. The Balaban J connectivity index is 2.15. The van der Waals surface area contributed by atoms with Crippen LogP contribution in [0.4, 0.5) is 11.4 Å². The molecule has 0 unspecified atom stereocenters. The van der Waals surface area contributed by atoms with Crippen molar-refractivity contribution in [2.24, 2.45) is 11.8 Å². The fourth-order valence-corrected chi connectivity index (χ4v) is 3.51. The lowest BCUT2D eigenvalue weighted by molar-refractivity contribution is 0.311. The Hall–Kier alpha value is -1.23. The zero-order valence-corrected chi connectivity index (χ0v) is 13.3. The van der Waals surface area contributed by atoms with Gasteiger partial charge in [-0.3, -0.25) is 0 Å². The van der Waals surface area contributed by atoms with E-state index in [9.17, 15) is 8.42 Å². The van der Waals surface area contributed by atoms with Crippen LogP contribution in [-0.4, -0.2) is 27.8 Å². The van der Waals surface area contributed by atoms with Crippen molar-refractivity contribution in [1.29, 1.82) is 0 Å². The number of nitrogens with two attached hydrogens (primary N) is 1. The van der Waals surface area contributed by atoms with Crippen LogP contribution in [0, 0.1) is 11.8 Å². The van der Waals surface area contributed by atoms with Gasteiger partial charge in [-0.15, -0.1) is 0 Å². The number of sulfone groups is 1. The highest BCUT2D eigenvalue weighted by molar-refractivity contribution is 7.90. The van der Waals surface area contributed by atoms with Crippen LogP contribution < -0.4 is 10.6 Å². The van der Waals surface area contributed by atoms with E-state index in [2.05, 4.69) is 18.7 Å². The summed E-state index contributed by atoms with van der Waals surface area (Å²) in [4.78, 5) is 2.55. The molecule has 1 aliphatic heterocycles. The van der Waals surface area contributed by atoms with Gasteiger partial charge in [0.15, 0.2) is 9.84 Å². The van der Waals surface area contributed by atoms with Gasteiger partial charge in [0.05, 0.1) is 16.3 Å². The number of nitrogens with zero attached hydrogens (tertiary/aromatic N) is 1. The van der Waals surface area contributed by atoms with Crippen molar-refractivity contribution in [2.75, 3.05) is 30.0 Å². The topological polar surface area (TPSA) is 63.4 Å². The summed E-state index contributed by atoms with van der Waals surface area (Å²) >= 11 is 0. The van der Waals surface area contributed by atoms with Gasteiger partial charge in [0.1, 0.15) is 0 Å². The Morgan fingerprint density at radius 2 is 1.85 bits per heavy atom. The number of piperidine rings is 1. The van der Waals surface area contributed by atoms with Crippen LogP contribution in [0.15, 0.2) is 23.1 Å². The predicted molar refractivity (Wildman–Crippen MR) is 83.7 cm³/mol. The molecule has 112 valence electrons. The molecule has 2 rings (SSSR count). The third kappa shape index (κ3) is 3.26. The lowest BCUT2D eigenvalue weighted by atomic mass is 9.86. The third-order valence-corrected chi connectivity index (χ3v) is 5.36. The highest BCUT2D eigenvalue weighted by Crippen LogP contribution is 2.32. The first kappa shape index (κ1) is 15.2. The predicted octanol–water partition coefficient (Wildman–Crippen LogP) is 2.54. The van der Waals surface area contributed by atoms with E-state index in [1.807, 2.05) is 6.07 Å². The molecule has 0 amide bonds. The highest BCUT2D eigenvalue weighted by atomic mass is 32.2. The lowest BCUT2D eigenvalue weighted by Gasteiger charge is -2.36. The van der Waals surface area contributed by atoms with Crippen molar-refractivity contribution < 1.29 is 8.42 Å². The second-order valence-corrected chi connectivity index (χ2v) is 8.08. The highest BCUT2D eigenvalue weighted by Gasteiger charge is 2.23. The number of benzene rings is 1. The van der Waals surface area contributed by atoms with Gasteiger partial charge in [-0.1, -0.05) is 13.8 Å². The molecule has 0 aliphatic carbocycles. The van der Waals surface area contributed by atoms with Crippen molar-refractivity contribution in [2.45, 2.75) is 31.6 Å². The van der Waals surface area contributed by atoms with Gasteiger partial charge in [-0.25, -0.2) is 8.42 Å². The molecule has 0 saturated carbocycles. The Morgan fingerprint density at radius 3 is 2.30 bits per heavy atom. The van der Waals surface area contributed by atoms with Gasteiger partial charge >= 0.3 is 0 Å². The maximum absolute atomic E-state index is 11.5. The minimum absolute atomic E-state index is 0.288. The summed E-state index contributed by atoms with van der Waals surface area (Å²) in [5.41, 5.74) is 7.55. The maximum Gasteiger partial charge on any atom is 0.175 e. The van der Waals surface area contributed by atoms with E-state index in [1.165, 1.54) is 19.1 Å². The summed E-state index contributed by atoms with van der Waals surface area (Å²) in [6, 6.07) is 5.05. The molecule has 20 heavy (non-hydrogen) atoms. The van der Waals surface area contributed by atoms with Crippen LogP contribution in [0.25, 0.3) is 0 Å². The Morgan fingerprint density at radius 1 is 1.25 bits per heavy atom. The summed E-state index contributed by atoms with van der Waals surface area (Å²) in [7, 11) is -3.19. The van der Waals surface area contributed by atoms with Crippen molar-refractivity contribution >= 4 is 21.2 Å². The Kier molecular flexibility index (Phi) is 4.28. The van der Waals surface area contributed by atoms with Crippen LogP contribution in [-0.2, 0) is 9.84 Å². The fraction of sp³-hybridized carbons (Fsp3) is 0.600. The summed E-state index contributed by atoms with van der Waals surface area (Å²) in [5, 5.41) is 0. The Labute approximate surface area is 121 Å². The summed E-state index contributed by atoms with van der Waals surface area (Å²) in [6.07, 6.45) is 3.55. The summed E-state index contributed by atoms with van der Waals surface area (Å²) in [5.74, 6) is 1.50. The van der Waals surface area contributed by atoms with E-state index in [1.54, 1.807) is 12.1 Å². The molecular weight excluding hydrogens is 272 g/mol. The molecule has 1 aromatic rings. The van der Waals surface area contributed by atoms with Crippen molar-refractivity contribution in [3.63, 3.8) is 0 Å². The molecule has 0 aromatic heterocycles. The molecule has 0 radical (unpaired) electrons. The molecule has 0 atom stereocenters. The number of hydrogen-bond donors (Lipinski definition) is 1. The monoisotopic (exact) mass is 296 g/mol. The van der Waals surface area contributed by atoms with Gasteiger partial charge in [0.2, 0.25) is 0 Å². The minimum Gasteiger partial charge on any atom is -0.397 e. The largest absolute Gasteiger partial charge is 0.397 e. The zero-order valence-electron chi connectivity index (χ0n) is 12.5. The lowest BCUT2D eigenvalue weighted by Crippen LogP contribution is -2.35. The molecule has 1 aromatic carbocycles. The molecule has 1 fully saturated rings. The zero-order chi connectivity index (χ0) is 14.9. The number of hydrogen-bond acceptors (Lipinski definition) is 4. The molecule has 2 N–H and O–H groups in total. The molecule has 4 nitrogen and oxygen atoms in total. The van der Waals surface area contributed by atoms with E-state index in [0.717, 1.165) is 30.6 Å². The van der Waals surface area contributed by atoms with Crippen LogP contribution in [0.5, 0.6) is 0 Å². The summed E-state index contributed by atoms with van der Waals surface area (Å²) < 4.78 is 23.0. The molecule has 1 aliphatic rings. The smallest absolute Gasteiger partial charge is 0.175 e. The minimum atomic E-state index is -3.19. The first-order valence-corrected chi connectivity index (χ1v) is 9.02. The van der Waals surface area contributed by atoms with Crippen molar-refractivity contribution in [3.8, 4) is 0 Å². The van der Waals surface area contributed by atoms with E-state index in [-0.39, 0.29) is 4.90 Å². The standard InChI is InChI=1S/C15H24N2O2S/c1-11(2)12-6-8-17(9-7-12)15-5-4-13(10-14(15)16)20(3,18)19/h4-5,10-12H,6-9,16H2,1-3H3. The van der Waals surface area contributed by atoms with Gasteiger partial charge in [0.25, 0.3) is 0 Å². The van der Waals surface area contributed by atoms with Crippen LogP contribution in [0.3, 0.4) is 0 Å². The van der Waals surface area contributed by atoms with E-state index in [4.69, 9.17) is 5.73 Å². The average molecular weight is 296 g/mol. The number of rotatable bonds is 3. The van der Waals surface area contributed by atoms with E-state index in [0.29, 0.717) is 5.69 Å². The Bertz CT molecular complexity index is 574. The first-order chi connectivity index (χ1) is 9.29.